The Morgan fingerprint density at radius 3 is 2.47 bits per heavy atom. The standard InChI is InChI=1S/C15H24N2O2/c1-12-8-16(2)14(11-18)10-17(9-12)13-4-6-15(19-3)7-5-13/h4-7,12,14,18H,8-11H2,1-3H3. The van der Waals surface area contributed by atoms with Gasteiger partial charge >= 0.3 is 0 Å². The highest BCUT2D eigenvalue weighted by Crippen LogP contribution is 2.23. The predicted octanol–water partition coefficient (Wildman–Crippen LogP) is 1.44. The fraction of sp³-hybridized carbons (Fsp3) is 0.600. The van der Waals surface area contributed by atoms with Crippen LogP contribution in [0.4, 0.5) is 5.69 Å². The summed E-state index contributed by atoms with van der Waals surface area (Å²) >= 11 is 0. The summed E-state index contributed by atoms with van der Waals surface area (Å²) in [4.78, 5) is 4.61. The van der Waals surface area contributed by atoms with E-state index in [2.05, 4.69) is 35.9 Å². The van der Waals surface area contributed by atoms with Crippen LogP contribution in [0.5, 0.6) is 5.75 Å². The first-order chi connectivity index (χ1) is 9.13. The van der Waals surface area contributed by atoms with Crippen LogP contribution < -0.4 is 9.64 Å². The van der Waals surface area contributed by atoms with Crippen molar-refractivity contribution in [2.75, 3.05) is 45.3 Å². The molecule has 2 atom stereocenters. The number of methoxy groups -OCH3 is 1. The van der Waals surface area contributed by atoms with Crippen LogP contribution in [0.2, 0.25) is 0 Å². The summed E-state index contributed by atoms with van der Waals surface area (Å²) in [5.74, 6) is 1.46. The molecule has 4 nitrogen and oxygen atoms in total. The summed E-state index contributed by atoms with van der Waals surface area (Å²) in [6.45, 7) is 5.37. The SMILES string of the molecule is COc1ccc(N2CC(C)CN(C)C(CO)C2)cc1. The zero-order valence-corrected chi connectivity index (χ0v) is 12.0. The van der Waals surface area contributed by atoms with Crippen molar-refractivity contribution < 1.29 is 9.84 Å². The molecule has 2 rings (SSSR count). The van der Waals surface area contributed by atoms with Gasteiger partial charge in [0, 0.05) is 31.4 Å². The van der Waals surface area contributed by atoms with E-state index in [1.807, 2.05) is 12.1 Å². The van der Waals surface area contributed by atoms with Crippen LogP contribution in [0, 0.1) is 5.92 Å². The highest BCUT2D eigenvalue weighted by atomic mass is 16.5. The Morgan fingerprint density at radius 1 is 1.21 bits per heavy atom. The number of likely N-dealkylation sites (N-methyl/N-ethyl adjacent to an activating group) is 1. The number of rotatable bonds is 3. The molecule has 0 radical (unpaired) electrons. The van der Waals surface area contributed by atoms with Gasteiger partial charge in [-0.2, -0.15) is 0 Å². The van der Waals surface area contributed by atoms with Gasteiger partial charge in [0.25, 0.3) is 0 Å². The fourth-order valence-electron chi connectivity index (χ4n) is 2.74. The van der Waals surface area contributed by atoms with Crippen LogP contribution in [-0.2, 0) is 0 Å². The van der Waals surface area contributed by atoms with Gasteiger partial charge in [-0.25, -0.2) is 0 Å². The van der Waals surface area contributed by atoms with Crippen LogP contribution in [0.3, 0.4) is 0 Å². The van der Waals surface area contributed by atoms with Gasteiger partial charge in [0.2, 0.25) is 0 Å². The Labute approximate surface area is 115 Å². The monoisotopic (exact) mass is 264 g/mol. The zero-order chi connectivity index (χ0) is 13.8. The molecule has 1 heterocycles. The lowest BCUT2D eigenvalue weighted by Crippen LogP contribution is -2.41. The summed E-state index contributed by atoms with van der Waals surface area (Å²) < 4.78 is 5.19. The zero-order valence-electron chi connectivity index (χ0n) is 12.0. The van der Waals surface area contributed by atoms with Crippen LogP contribution in [0.1, 0.15) is 6.92 Å². The van der Waals surface area contributed by atoms with Crippen molar-refractivity contribution in [1.82, 2.24) is 4.90 Å². The largest absolute Gasteiger partial charge is 0.497 e. The van der Waals surface area contributed by atoms with E-state index in [1.165, 1.54) is 5.69 Å². The maximum Gasteiger partial charge on any atom is 0.119 e. The molecule has 0 spiro atoms. The first-order valence-corrected chi connectivity index (χ1v) is 6.84. The number of anilines is 1. The fourth-order valence-corrected chi connectivity index (χ4v) is 2.74. The maximum absolute atomic E-state index is 9.53. The van der Waals surface area contributed by atoms with E-state index in [0.29, 0.717) is 5.92 Å². The van der Waals surface area contributed by atoms with Gasteiger partial charge in [-0.1, -0.05) is 6.92 Å². The van der Waals surface area contributed by atoms with E-state index < -0.39 is 0 Å². The molecule has 0 amide bonds. The van der Waals surface area contributed by atoms with Crippen molar-refractivity contribution in [3.8, 4) is 5.75 Å². The van der Waals surface area contributed by atoms with Crippen LogP contribution in [0.25, 0.3) is 0 Å². The van der Waals surface area contributed by atoms with Crippen molar-refractivity contribution in [2.24, 2.45) is 5.92 Å². The van der Waals surface area contributed by atoms with Crippen LogP contribution >= 0.6 is 0 Å². The third-order valence-corrected chi connectivity index (χ3v) is 3.83. The highest BCUT2D eigenvalue weighted by molar-refractivity contribution is 5.49. The van der Waals surface area contributed by atoms with Crippen molar-refractivity contribution in [2.45, 2.75) is 13.0 Å². The normalized spacial score (nSPS) is 25.2. The molecule has 0 bridgehead atoms. The minimum Gasteiger partial charge on any atom is -0.497 e. The molecule has 0 saturated carbocycles. The first-order valence-electron chi connectivity index (χ1n) is 6.84. The molecule has 1 saturated heterocycles. The third-order valence-electron chi connectivity index (χ3n) is 3.83. The lowest BCUT2D eigenvalue weighted by atomic mass is 10.1. The number of aliphatic hydroxyl groups is 1. The van der Waals surface area contributed by atoms with E-state index in [-0.39, 0.29) is 12.6 Å². The Hall–Kier alpha value is -1.26. The molecule has 1 N–H and O–H groups in total. The minimum absolute atomic E-state index is 0.201. The van der Waals surface area contributed by atoms with Gasteiger partial charge in [0.15, 0.2) is 0 Å². The number of nitrogens with zero attached hydrogens (tertiary/aromatic N) is 2. The Bertz CT molecular complexity index is 394. The molecule has 106 valence electrons. The van der Waals surface area contributed by atoms with E-state index in [9.17, 15) is 5.11 Å². The van der Waals surface area contributed by atoms with E-state index in [4.69, 9.17) is 4.74 Å². The maximum atomic E-state index is 9.53. The summed E-state index contributed by atoms with van der Waals surface area (Å²) in [7, 11) is 3.77. The number of ether oxygens (including phenoxy) is 1. The van der Waals surface area contributed by atoms with Gasteiger partial charge in [-0.15, -0.1) is 0 Å². The second-order valence-electron chi connectivity index (χ2n) is 5.48. The van der Waals surface area contributed by atoms with Crippen molar-refractivity contribution in [1.29, 1.82) is 0 Å². The number of aliphatic hydroxyl groups excluding tert-OH is 1. The molecule has 0 aromatic heterocycles. The number of hydrogen-bond donors (Lipinski definition) is 1. The van der Waals surface area contributed by atoms with Crippen LogP contribution in [-0.4, -0.2) is 56.4 Å². The number of hydrogen-bond acceptors (Lipinski definition) is 4. The molecule has 4 heteroatoms. The van der Waals surface area contributed by atoms with E-state index >= 15 is 0 Å². The van der Waals surface area contributed by atoms with E-state index in [0.717, 1.165) is 25.4 Å². The second-order valence-corrected chi connectivity index (χ2v) is 5.48. The first kappa shape index (κ1) is 14.2. The molecular weight excluding hydrogens is 240 g/mol. The highest BCUT2D eigenvalue weighted by Gasteiger charge is 2.25. The van der Waals surface area contributed by atoms with E-state index in [1.54, 1.807) is 7.11 Å². The molecule has 19 heavy (non-hydrogen) atoms. The van der Waals surface area contributed by atoms with Crippen molar-refractivity contribution in [3.63, 3.8) is 0 Å². The summed E-state index contributed by atoms with van der Waals surface area (Å²) in [5, 5.41) is 9.53. The predicted molar refractivity (Wildman–Crippen MR) is 77.9 cm³/mol. The average molecular weight is 264 g/mol. The molecule has 2 unspecified atom stereocenters. The molecular formula is C15H24N2O2. The average Bonchev–Trinajstić information content (AvgIpc) is 2.57. The van der Waals surface area contributed by atoms with Crippen molar-refractivity contribution >= 4 is 5.69 Å². The Balaban J connectivity index is 2.16. The molecule has 1 aliphatic heterocycles. The third kappa shape index (κ3) is 3.39. The minimum atomic E-state index is 0.201. The summed E-state index contributed by atoms with van der Waals surface area (Å²) in [6.07, 6.45) is 0. The molecule has 1 aliphatic rings. The Kier molecular flexibility index (Phi) is 4.66. The lowest BCUT2D eigenvalue weighted by Gasteiger charge is -2.28. The molecule has 1 fully saturated rings. The van der Waals surface area contributed by atoms with Gasteiger partial charge in [0.05, 0.1) is 13.7 Å². The van der Waals surface area contributed by atoms with Crippen LogP contribution in [0.15, 0.2) is 24.3 Å². The van der Waals surface area contributed by atoms with Gasteiger partial charge < -0.3 is 14.7 Å². The topological polar surface area (TPSA) is 35.9 Å². The molecule has 1 aromatic carbocycles. The summed E-state index contributed by atoms with van der Waals surface area (Å²) in [5.41, 5.74) is 1.20. The smallest absolute Gasteiger partial charge is 0.119 e. The summed E-state index contributed by atoms with van der Waals surface area (Å²) in [6, 6.07) is 8.36. The molecule has 1 aromatic rings. The molecule has 0 aliphatic carbocycles. The van der Waals surface area contributed by atoms with Crippen molar-refractivity contribution in [3.05, 3.63) is 24.3 Å². The Morgan fingerprint density at radius 2 is 1.89 bits per heavy atom. The van der Waals surface area contributed by atoms with Gasteiger partial charge in [-0.3, -0.25) is 4.90 Å². The lowest BCUT2D eigenvalue weighted by molar-refractivity contribution is 0.151. The number of benzene rings is 1. The second kappa shape index (κ2) is 6.26. The quantitative estimate of drug-likeness (QED) is 0.896. The van der Waals surface area contributed by atoms with Gasteiger partial charge in [0.1, 0.15) is 5.75 Å². The van der Waals surface area contributed by atoms with Gasteiger partial charge in [-0.05, 0) is 37.2 Å².